The fourth-order valence-corrected chi connectivity index (χ4v) is 2.74. The topological polar surface area (TPSA) is 49.8 Å². The van der Waals surface area contributed by atoms with Crippen LogP contribution in [0.2, 0.25) is 0 Å². The molecule has 1 heterocycles. The van der Waals surface area contributed by atoms with Crippen molar-refractivity contribution in [2.24, 2.45) is 11.8 Å². The maximum absolute atomic E-state index is 4.47. The van der Waals surface area contributed by atoms with Crippen molar-refractivity contribution in [1.82, 2.24) is 9.97 Å². The highest BCUT2D eigenvalue weighted by Gasteiger charge is 2.17. The van der Waals surface area contributed by atoms with Crippen molar-refractivity contribution < 1.29 is 0 Å². The smallest absolute Gasteiger partial charge is 0.146 e. The van der Waals surface area contributed by atoms with E-state index in [-0.39, 0.29) is 0 Å². The summed E-state index contributed by atoms with van der Waals surface area (Å²) in [5.41, 5.74) is 0. The van der Waals surface area contributed by atoms with Crippen LogP contribution in [0.5, 0.6) is 0 Å². The lowest BCUT2D eigenvalue weighted by Crippen LogP contribution is -2.16. The van der Waals surface area contributed by atoms with E-state index in [1.165, 1.54) is 32.1 Å². The van der Waals surface area contributed by atoms with Gasteiger partial charge in [-0.2, -0.15) is 0 Å². The molecule has 0 radical (unpaired) electrons. The Morgan fingerprint density at radius 3 is 2.47 bits per heavy atom. The van der Waals surface area contributed by atoms with E-state index >= 15 is 0 Å². The van der Waals surface area contributed by atoms with Crippen LogP contribution in [0.4, 0.5) is 11.6 Å². The van der Waals surface area contributed by atoms with Crippen LogP contribution in [0, 0.1) is 11.8 Å². The lowest BCUT2D eigenvalue weighted by atomic mass is 9.81. The summed E-state index contributed by atoms with van der Waals surface area (Å²) in [6.45, 7) is 6.31. The molecule has 19 heavy (non-hydrogen) atoms. The summed E-state index contributed by atoms with van der Waals surface area (Å²) in [6, 6.07) is 0. The van der Waals surface area contributed by atoms with Crippen molar-refractivity contribution in [3.8, 4) is 0 Å². The zero-order valence-corrected chi connectivity index (χ0v) is 12.2. The maximum Gasteiger partial charge on any atom is 0.146 e. The van der Waals surface area contributed by atoms with Gasteiger partial charge in [-0.1, -0.05) is 32.6 Å². The lowest BCUT2D eigenvalue weighted by molar-refractivity contribution is 0.282. The van der Waals surface area contributed by atoms with Gasteiger partial charge in [-0.3, -0.25) is 4.98 Å². The molecule has 0 aromatic carbocycles. The zero-order valence-electron chi connectivity index (χ0n) is 12.2. The van der Waals surface area contributed by atoms with Gasteiger partial charge in [-0.05, 0) is 25.2 Å². The normalized spacial score (nSPS) is 23.1. The minimum absolute atomic E-state index is 0.846. The largest absolute Gasteiger partial charge is 0.369 e. The minimum atomic E-state index is 0.846. The number of aromatic nitrogens is 2. The van der Waals surface area contributed by atoms with Gasteiger partial charge >= 0.3 is 0 Å². The Morgan fingerprint density at radius 2 is 1.79 bits per heavy atom. The van der Waals surface area contributed by atoms with Gasteiger partial charge in [0.05, 0.1) is 12.4 Å². The Bertz CT molecular complexity index is 372. The Hall–Kier alpha value is -1.32. The van der Waals surface area contributed by atoms with Crippen molar-refractivity contribution in [1.29, 1.82) is 0 Å². The molecule has 4 nitrogen and oxygen atoms in total. The highest BCUT2D eigenvalue weighted by atomic mass is 15.1. The third-order valence-electron chi connectivity index (χ3n) is 3.99. The molecule has 1 aliphatic carbocycles. The number of hydrogen-bond donors (Lipinski definition) is 2. The Labute approximate surface area is 116 Å². The van der Waals surface area contributed by atoms with Crippen LogP contribution in [0.1, 0.15) is 46.0 Å². The van der Waals surface area contributed by atoms with E-state index in [9.17, 15) is 0 Å². The Morgan fingerprint density at radius 1 is 1.11 bits per heavy atom. The van der Waals surface area contributed by atoms with Gasteiger partial charge < -0.3 is 10.6 Å². The van der Waals surface area contributed by atoms with Gasteiger partial charge in [0.2, 0.25) is 0 Å². The average molecular weight is 262 g/mol. The van der Waals surface area contributed by atoms with Crippen molar-refractivity contribution >= 4 is 11.6 Å². The van der Waals surface area contributed by atoms with Crippen LogP contribution in [0.3, 0.4) is 0 Å². The number of rotatable bonds is 6. The molecule has 0 saturated heterocycles. The monoisotopic (exact) mass is 262 g/mol. The predicted octanol–water partition coefficient (Wildman–Crippen LogP) is 3.54. The molecule has 1 saturated carbocycles. The maximum atomic E-state index is 4.47. The van der Waals surface area contributed by atoms with E-state index in [0.29, 0.717) is 0 Å². The first-order valence-corrected chi connectivity index (χ1v) is 7.57. The molecule has 4 heteroatoms. The minimum Gasteiger partial charge on any atom is -0.369 e. The van der Waals surface area contributed by atoms with Gasteiger partial charge in [0.25, 0.3) is 0 Å². The molecular formula is C15H26N4. The Balaban J connectivity index is 1.71. The van der Waals surface area contributed by atoms with Crippen molar-refractivity contribution in [2.75, 3.05) is 23.7 Å². The molecule has 1 fully saturated rings. The van der Waals surface area contributed by atoms with E-state index in [4.69, 9.17) is 0 Å². The van der Waals surface area contributed by atoms with Crippen LogP contribution in [-0.4, -0.2) is 23.1 Å². The summed E-state index contributed by atoms with van der Waals surface area (Å²) in [5, 5.41) is 6.57. The summed E-state index contributed by atoms with van der Waals surface area (Å²) in [5.74, 6) is 3.56. The standard InChI is InChI=1S/C15H26N4/c1-3-17-14-10-16-11-15(19-14)18-9-8-13-6-4-12(2)5-7-13/h10-13H,3-9H2,1-2H3,(H2,17,18,19). The molecule has 0 unspecified atom stereocenters. The first-order valence-electron chi connectivity index (χ1n) is 7.57. The summed E-state index contributed by atoms with van der Waals surface area (Å²) in [7, 11) is 0. The summed E-state index contributed by atoms with van der Waals surface area (Å²) >= 11 is 0. The van der Waals surface area contributed by atoms with Crippen LogP contribution in [0.15, 0.2) is 12.4 Å². The molecule has 2 N–H and O–H groups in total. The highest BCUT2D eigenvalue weighted by molar-refractivity contribution is 5.41. The molecule has 106 valence electrons. The average Bonchev–Trinajstić information content (AvgIpc) is 2.42. The number of nitrogens with zero attached hydrogens (tertiary/aromatic N) is 2. The first kappa shape index (κ1) is 14.1. The molecule has 0 aliphatic heterocycles. The molecule has 1 aromatic heterocycles. The van der Waals surface area contributed by atoms with E-state index in [2.05, 4.69) is 34.4 Å². The molecule has 0 bridgehead atoms. The van der Waals surface area contributed by atoms with Crippen molar-refractivity contribution in [2.45, 2.75) is 46.0 Å². The summed E-state index contributed by atoms with van der Waals surface area (Å²) in [6.07, 6.45) is 10.4. The van der Waals surface area contributed by atoms with Crippen LogP contribution in [-0.2, 0) is 0 Å². The van der Waals surface area contributed by atoms with Crippen LogP contribution < -0.4 is 10.6 Å². The predicted molar refractivity (Wildman–Crippen MR) is 80.4 cm³/mol. The van der Waals surface area contributed by atoms with Gasteiger partial charge in [-0.25, -0.2) is 4.98 Å². The van der Waals surface area contributed by atoms with E-state index in [1.54, 1.807) is 12.4 Å². The molecule has 0 amide bonds. The van der Waals surface area contributed by atoms with Gasteiger partial charge in [0.1, 0.15) is 11.6 Å². The van der Waals surface area contributed by atoms with Gasteiger partial charge in [0, 0.05) is 13.1 Å². The zero-order chi connectivity index (χ0) is 13.5. The fraction of sp³-hybridized carbons (Fsp3) is 0.733. The molecule has 0 spiro atoms. The summed E-state index contributed by atoms with van der Waals surface area (Å²) < 4.78 is 0. The van der Waals surface area contributed by atoms with Crippen LogP contribution in [0.25, 0.3) is 0 Å². The number of hydrogen-bond acceptors (Lipinski definition) is 4. The Kier molecular flexibility index (Phi) is 5.43. The second-order valence-corrected chi connectivity index (χ2v) is 5.66. The molecule has 1 aliphatic rings. The second-order valence-electron chi connectivity index (χ2n) is 5.66. The van der Waals surface area contributed by atoms with E-state index < -0.39 is 0 Å². The fourth-order valence-electron chi connectivity index (χ4n) is 2.74. The second kappa shape index (κ2) is 7.31. The van der Waals surface area contributed by atoms with Gasteiger partial charge in [-0.15, -0.1) is 0 Å². The van der Waals surface area contributed by atoms with E-state index in [0.717, 1.165) is 36.6 Å². The SMILES string of the molecule is CCNc1cncc(NCCC2CCC(C)CC2)n1. The van der Waals surface area contributed by atoms with Gasteiger partial charge in [0.15, 0.2) is 0 Å². The first-order chi connectivity index (χ1) is 9.28. The van der Waals surface area contributed by atoms with Crippen molar-refractivity contribution in [3.63, 3.8) is 0 Å². The molecular weight excluding hydrogens is 236 g/mol. The molecule has 2 rings (SSSR count). The quantitative estimate of drug-likeness (QED) is 0.823. The van der Waals surface area contributed by atoms with Crippen molar-refractivity contribution in [3.05, 3.63) is 12.4 Å². The number of nitrogens with one attached hydrogen (secondary N) is 2. The highest BCUT2D eigenvalue weighted by Crippen LogP contribution is 2.30. The molecule has 1 aromatic rings. The lowest BCUT2D eigenvalue weighted by Gasteiger charge is -2.26. The third kappa shape index (κ3) is 4.69. The summed E-state index contributed by atoms with van der Waals surface area (Å²) in [4.78, 5) is 8.66. The number of anilines is 2. The van der Waals surface area contributed by atoms with E-state index in [1.807, 2.05) is 0 Å². The molecule has 0 atom stereocenters. The third-order valence-corrected chi connectivity index (χ3v) is 3.99. The van der Waals surface area contributed by atoms with Crippen LogP contribution >= 0.6 is 0 Å².